The molecular formula is C5H19NY3-2. The predicted octanol–water partition coefficient (Wildman–Crippen LogP) is 2.72. The second-order valence-electron chi connectivity index (χ2n) is 0. The Morgan fingerprint density at radius 3 is 0.667 bits per heavy atom. The molecule has 0 heterocycles. The predicted molar refractivity (Wildman–Crippen MR) is 35.9 cm³/mol. The van der Waals surface area contributed by atoms with Crippen LogP contribution in [0.15, 0.2) is 0 Å². The van der Waals surface area contributed by atoms with Crippen molar-refractivity contribution in [2.45, 2.75) is 21.3 Å². The van der Waals surface area contributed by atoms with Gasteiger partial charge in [0, 0.05) is 98.1 Å². The van der Waals surface area contributed by atoms with Gasteiger partial charge in [0.15, 0.2) is 0 Å². The summed E-state index contributed by atoms with van der Waals surface area (Å²) in [6.45, 7) is 4.00. The molecule has 0 atom stereocenters. The maximum Gasteiger partial charge on any atom is 0 e. The summed E-state index contributed by atoms with van der Waals surface area (Å²) in [5.41, 5.74) is 0. The Kier molecular flexibility index (Phi) is 1050. The van der Waals surface area contributed by atoms with Gasteiger partial charge in [0.05, 0.1) is 0 Å². The Balaban J connectivity index is -0.000000000238. The molecule has 3 N–H and O–H groups in total. The van der Waals surface area contributed by atoms with E-state index >= 15 is 0 Å². The second-order valence-corrected chi connectivity index (χ2v) is 0. The van der Waals surface area contributed by atoms with Crippen molar-refractivity contribution >= 4 is 0 Å². The number of hydrogen-bond acceptors (Lipinski definition) is 1. The van der Waals surface area contributed by atoms with Crippen molar-refractivity contribution < 1.29 is 98.1 Å². The van der Waals surface area contributed by atoms with Gasteiger partial charge in [-0.3, -0.25) is 0 Å². The van der Waals surface area contributed by atoms with Crippen molar-refractivity contribution in [1.82, 2.24) is 6.15 Å². The fraction of sp³-hybridized carbons (Fsp3) is 0.600. The topological polar surface area (TPSA) is 35.0 Å². The Morgan fingerprint density at radius 1 is 0.667 bits per heavy atom. The molecule has 0 amide bonds. The number of rotatable bonds is 0. The zero-order chi connectivity index (χ0) is 2.00. The van der Waals surface area contributed by atoms with E-state index in [9.17, 15) is 0 Å². The zero-order valence-electron chi connectivity index (χ0n) is 6.44. The van der Waals surface area contributed by atoms with Gasteiger partial charge in [0.1, 0.15) is 0 Å². The maximum absolute atomic E-state index is 2.00. The first kappa shape index (κ1) is 85.4. The van der Waals surface area contributed by atoms with Crippen molar-refractivity contribution in [3.05, 3.63) is 14.9 Å². The largest absolute Gasteiger partial charge is 0.358 e. The van der Waals surface area contributed by atoms with Gasteiger partial charge in [-0.2, -0.15) is 0 Å². The SMILES string of the molecule is C.CC.N.[CH3-].[CH3-].[Y].[Y].[Y]. The Labute approximate surface area is 138 Å². The molecule has 4 heteroatoms. The molecule has 0 saturated carbocycles. The van der Waals surface area contributed by atoms with Crippen LogP contribution in [0.4, 0.5) is 0 Å². The van der Waals surface area contributed by atoms with E-state index in [-0.39, 0.29) is 127 Å². The maximum atomic E-state index is 2.00. The monoisotopic (exact) mass is 360 g/mol. The summed E-state index contributed by atoms with van der Waals surface area (Å²) >= 11 is 0. The van der Waals surface area contributed by atoms with Gasteiger partial charge >= 0.3 is 0 Å². The van der Waals surface area contributed by atoms with E-state index in [0.717, 1.165) is 0 Å². The van der Waals surface area contributed by atoms with Gasteiger partial charge in [0.25, 0.3) is 0 Å². The third kappa shape index (κ3) is 90.5. The van der Waals surface area contributed by atoms with Crippen LogP contribution in [0.5, 0.6) is 0 Å². The first-order valence-electron chi connectivity index (χ1n) is 1.00. The van der Waals surface area contributed by atoms with Crippen molar-refractivity contribution in [1.29, 1.82) is 0 Å². The smallest absolute Gasteiger partial charge is 0 e. The minimum atomic E-state index is 0. The zero-order valence-corrected chi connectivity index (χ0v) is 15.0. The minimum Gasteiger partial charge on any atom is -0.358 e. The summed E-state index contributed by atoms with van der Waals surface area (Å²) < 4.78 is 0. The third-order valence-electron chi connectivity index (χ3n) is 0. The fourth-order valence-corrected chi connectivity index (χ4v) is 0. The molecule has 0 aliphatic carbocycles. The molecule has 0 aromatic carbocycles. The quantitative estimate of drug-likeness (QED) is 0.663. The van der Waals surface area contributed by atoms with E-state index in [2.05, 4.69) is 0 Å². The van der Waals surface area contributed by atoms with Crippen molar-refractivity contribution in [2.75, 3.05) is 0 Å². The summed E-state index contributed by atoms with van der Waals surface area (Å²) in [5.74, 6) is 0. The average molecular weight is 360 g/mol. The van der Waals surface area contributed by atoms with Crippen molar-refractivity contribution in [3.63, 3.8) is 0 Å². The molecule has 3 radical (unpaired) electrons. The molecule has 9 heavy (non-hydrogen) atoms. The fourth-order valence-electron chi connectivity index (χ4n) is 0. The first-order valence-corrected chi connectivity index (χ1v) is 1.00. The molecule has 0 saturated heterocycles. The van der Waals surface area contributed by atoms with E-state index in [4.69, 9.17) is 0 Å². The van der Waals surface area contributed by atoms with E-state index < -0.39 is 0 Å². The molecule has 0 unspecified atom stereocenters. The summed E-state index contributed by atoms with van der Waals surface area (Å²) in [5, 5.41) is 0. The van der Waals surface area contributed by atoms with Gasteiger partial charge in [-0.05, 0) is 0 Å². The molecule has 1 nitrogen and oxygen atoms in total. The van der Waals surface area contributed by atoms with Gasteiger partial charge in [-0.15, -0.1) is 0 Å². The van der Waals surface area contributed by atoms with Crippen LogP contribution in [0.25, 0.3) is 0 Å². The third-order valence-corrected chi connectivity index (χ3v) is 0. The van der Waals surface area contributed by atoms with Crippen LogP contribution in [-0.4, -0.2) is 0 Å². The summed E-state index contributed by atoms with van der Waals surface area (Å²) in [6, 6.07) is 0. The molecule has 0 aliphatic rings. The summed E-state index contributed by atoms with van der Waals surface area (Å²) in [6.07, 6.45) is 0. The van der Waals surface area contributed by atoms with E-state index in [1.54, 1.807) is 0 Å². The Bertz CT molecular complexity index is 12.2. The summed E-state index contributed by atoms with van der Waals surface area (Å²) in [4.78, 5) is 0. The van der Waals surface area contributed by atoms with Crippen LogP contribution in [0.2, 0.25) is 0 Å². The van der Waals surface area contributed by atoms with Crippen molar-refractivity contribution in [3.8, 4) is 0 Å². The normalized spacial score (nSPS) is 0.667. The van der Waals surface area contributed by atoms with Crippen LogP contribution in [0.3, 0.4) is 0 Å². The van der Waals surface area contributed by atoms with Crippen LogP contribution in [0.1, 0.15) is 21.3 Å². The first-order chi connectivity index (χ1) is 1.00. The van der Waals surface area contributed by atoms with Crippen LogP contribution < -0.4 is 6.15 Å². The molecule has 0 fully saturated rings. The van der Waals surface area contributed by atoms with E-state index in [0.29, 0.717) is 0 Å². The molecule has 0 spiro atoms. The standard InChI is InChI=1S/C2H6.CH4.2CH3.H3N.3Y/c1-2;;;;;;;/h1-2H3;1H4;3*1H3;;;/q;;2*-1;;;;. The molecule has 0 aliphatic heterocycles. The van der Waals surface area contributed by atoms with Crippen LogP contribution in [0, 0.1) is 14.9 Å². The summed E-state index contributed by atoms with van der Waals surface area (Å²) in [7, 11) is 0. The van der Waals surface area contributed by atoms with Crippen LogP contribution in [-0.2, 0) is 98.1 Å². The molecular weight excluding hydrogens is 341 g/mol. The van der Waals surface area contributed by atoms with Gasteiger partial charge in [-0.1, -0.05) is 21.3 Å². The molecule has 0 bridgehead atoms. The van der Waals surface area contributed by atoms with Gasteiger partial charge in [0.2, 0.25) is 0 Å². The van der Waals surface area contributed by atoms with E-state index in [1.807, 2.05) is 13.8 Å². The van der Waals surface area contributed by atoms with Crippen LogP contribution >= 0.6 is 0 Å². The van der Waals surface area contributed by atoms with E-state index in [1.165, 1.54) is 0 Å². The second kappa shape index (κ2) is 111. The molecule has 0 rings (SSSR count). The van der Waals surface area contributed by atoms with Gasteiger partial charge < -0.3 is 21.0 Å². The molecule has 0 aromatic rings. The number of hydrogen-bond donors (Lipinski definition) is 1. The minimum absolute atomic E-state index is 0. The van der Waals surface area contributed by atoms with Gasteiger partial charge in [-0.25, -0.2) is 0 Å². The molecule has 0 aromatic heterocycles. The Hall–Kier alpha value is 3.27. The molecule has 55 valence electrons. The van der Waals surface area contributed by atoms with Crippen molar-refractivity contribution in [2.24, 2.45) is 0 Å². The average Bonchev–Trinajstić information content (AvgIpc) is 1.00. The Morgan fingerprint density at radius 2 is 0.667 bits per heavy atom.